The molecule has 19 heavy (non-hydrogen) atoms. The second-order valence-corrected chi connectivity index (χ2v) is 7.03. The van der Waals surface area contributed by atoms with Gasteiger partial charge in [0.25, 0.3) is 0 Å². The molecule has 0 saturated carbocycles. The Morgan fingerprint density at radius 3 is 2.63 bits per heavy atom. The highest BCUT2D eigenvalue weighted by Crippen LogP contribution is 2.13. The molecular formula is C13H19FN2O2S. The molecule has 1 aliphatic rings. The summed E-state index contributed by atoms with van der Waals surface area (Å²) < 4.78 is 38.5. The molecular weight excluding hydrogens is 267 g/mol. The van der Waals surface area contributed by atoms with Gasteiger partial charge in [0.1, 0.15) is 5.82 Å². The SMILES string of the molecule is CN(CC1CCCN1)S(=O)(=O)Cc1ccc(F)cc1. The maximum Gasteiger partial charge on any atom is 0.218 e. The van der Waals surface area contributed by atoms with Gasteiger partial charge in [0.2, 0.25) is 10.0 Å². The highest BCUT2D eigenvalue weighted by molar-refractivity contribution is 7.88. The van der Waals surface area contributed by atoms with Gasteiger partial charge in [-0.2, -0.15) is 0 Å². The van der Waals surface area contributed by atoms with Crippen molar-refractivity contribution in [2.45, 2.75) is 24.6 Å². The zero-order chi connectivity index (χ0) is 13.9. The third-order valence-electron chi connectivity index (χ3n) is 3.38. The molecule has 2 rings (SSSR count). The number of rotatable bonds is 5. The van der Waals surface area contributed by atoms with E-state index >= 15 is 0 Å². The number of nitrogens with one attached hydrogen (secondary N) is 1. The van der Waals surface area contributed by atoms with Crippen molar-refractivity contribution >= 4 is 10.0 Å². The van der Waals surface area contributed by atoms with Crippen LogP contribution in [0.5, 0.6) is 0 Å². The largest absolute Gasteiger partial charge is 0.313 e. The van der Waals surface area contributed by atoms with Gasteiger partial charge in [0.15, 0.2) is 0 Å². The first-order valence-corrected chi connectivity index (χ1v) is 8.00. The van der Waals surface area contributed by atoms with Crippen molar-refractivity contribution < 1.29 is 12.8 Å². The van der Waals surface area contributed by atoms with Crippen LogP contribution in [0.25, 0.3) is 0 Å². The highest BCUT2D eigenvalue weighted by Gasteiger charge is 2.23. The highest BCUT2D eigenvalue weighted by atomic mass is 32.2. The molecule has 1 aliphatic heterocycles. The number of hydrogen-bond acceptors (Lipinski definition) is 3. The minimum atomic E-state index is -3.34. The van der Waals surface area contributed by atoms with Gasteiger partial charge < -0.3 is 5.32 Å². The lowest BCUT2D eigenvalue weighted by atomic mass is 10.2. The second kappa shape index (κ2) is 5.98. The molecule has 0 aliphatic carbocycles. The van der Waals surface area contributed by atoms with Crippen LogP contribution in [0.4, 0.5) is 4.39 Å². The molecule has 1 unspecified atom stereocenters. The molecule has 4 nitrogen and oxygen atoms in total. The molecule has 6 heteroatoms. The minimum Gasteiger partial charge on any atom is -0.313 e. The van der Waals surface area contributed by atoms with E-state index in [9.17, 15) is 12.8 Å². The molecule has 0 aromatic heterocycles. The number of hydrogen-bond donors (Lipinski definition) is 1. The van der Waals surface area contributed by atoms with E-state index in [0.29, 0.717) is 12.1 Å². The van der Waals surface area contributed by atoms with E-state index in [1.54, 1.807) is 7.05 Å². The predicted molar refractivity (Wildman–Crippen MR) is 72.7 cm³/mol. The van der Waals surface area contributed by atoms with E-state index in [1.165, 1.54) is 28.6 Å². The fraction of sp³-hybridized carbons (Fsp3) is 0.538. The van der Waals surface area contributed by atoms with Crippen LogP contribution in [0.1, 0.15) is 18.4 Å². The summed E-state index contributed by atoms with van der Waals surface area (Å²) in [5, 5.41) is 3.28. The van der Waals surface area contributed by atoms with E-state index in [4.69, 9.17) is 0 Å². The van der Waals surface area contributed by atoms with E-state index in [1.807, 2.05) is 0 Å². The first kappa shape index (κ1) is 14.4. The van der Waals surface area contributed by atoms with Gasteiger partial charge in [-0.3, -0.25) is 0 Å². The summed E-state index contributed by atoms with van der Waals surface area (Å²) in [5.41, 5.74) is 0.604. The van der Waals surface area contributed by atoms with Crippen LogP contribution >= 0.6 is 0 Å². The average Bonchev–Trinajstić information content (AvgIpc) is 2.84. The molecule has 0 bridgehead atoms. The zero-order valence-corrected chi connectivity index (χ0v) is 11.8. The number of sulfonamides is 1. The molecule has 1 heterocycles. The van der Waals surface area contributed by atoms with Crippen LogP contribution in [-0.2, 0) is 15.8 Å². The monoisotopic (exact) mass is 286 g/mol. The van der Waals surface area contributed by atoms with Crippen molar-refractivity contribution in [3.8, 4) is 0 Å². The van der Waals surface area contributed by atoms with Crippen molar-refractivity contribution in [1.29, 1.82) is 0 Å². The fourth-order valence-corrected chi connectivity index (χ4v) is 3.48. The Morgan fingerprint density at radius 2 is 2.05 bits per heavy atom. The van der Waals surface area contributed by atoms with Crippen molar-refractivity contribution in [1.82, 2.24) is 9.62 Å². The van der Waals surface area contributed by atoms with Crippen LogP contribution in [0.2, 0.25) is 0 Å². The van der Waals surface area contributed by atoms with Gasteiger partial charge in [-0.05, 0) is 37.1 Å². The molecule has 0 radical (unpaired) electrons. The fourth-order valence-electron chi connectivity index (χ4n) is 2.24. The molecule has 0 spiro atoms. The first-order valence-electron chi connectivity index (χ1n) is 6.39. The Morgan fingerprint density at radius 1 is 1.37 bits per heavy atom. The van der Waals surface area contributed by atoms with Crippen molar-refractivity contribution in [3.63, 3.8) is 0 Å². The summed E-state index contributed by atoms with van der Waals surface area (Å²) in [5.74, 6) is -0.444. The Hall–Kier alpha value is -0.980. The predicted octanol–water partition coefficient (Wildman–Crippen LogP) is 1.34. The lowest BCUT2D eigenvalue weighted by molar-refractivity contribution is 0.417. The van der Waals surface area contributed by atoms with Crippen LogP contribution in [0, 0.1) is 5.82 Å². The Labute approximate surface area is 113 Å². The summed E-state index contributed by atoms with van der Waals surface area (Å²) in [6.07, 6.45) is 2.10. The van der Waals surface area contributed by atoms with Gasteiger partial charge in [-0.25, -0.2) is 17.1 Å². The van der Waals surface area contributed by atoms with Crippen LogP contribution in [0.15, 0.2) is 24.3 Å². The second-order valence-electron chi connectivity index (χ2n) is 4.96. The lowest BCUT2D eigenvalue weighted by Gasteiger charge is -2.21. The standard InChI is InChI=1S/C13H19FN2O2S/c1-16(9-13-3-2-8-15-13)19(17,18)10-11-4-6-12(14)7-5-11/h4-7,13,15H,2-3,8-10H2,1H3. The summed E-state index contributed by atoms with van der Waals surface area (Å²) in [6, 6.07) is 5.82. The Balaban J connectivity index is 1.98. The molecule has 1 N–H and O–H groups in total. The van der Waals surface area contributed by atoms with Gasteiger partial charge in [-0.1, -0.05) is 12.1 Å². The minimum absolute atomic E-state index is 0.0868. The molecule has 0 amide bonds. The molecule has 1 aromatic rings. The zero-order valence-electron chi connectivity index (χ0n) is 11.0. The molecule has 1 atom stereocenters. The number of benzene rings is 1. The molecule has 1 fully saturated rings. The third kappa shape index (κ3) is 3.99. The smallest absolute Gasteiger partial charge is 0.218 e. The van der Waals surface area contributed by atoms with Gasteiger partial charge >= 0.3 is 0 Å². The van der Waals surface area contributed by atoms with Crippen molar-refractivity contribution in [2.75, 3.05) is 20.1 Å². The maximum absolute atomic E-state index is 12.8. The van der Waals surface area contributed by atoms with Crippen LogP contribution in [-0.4, -0.2) is 38.9 Å². The van der Waals surface area contributed by atoms with Crippen molar-refractivity contribution in [3.05, 3.63) is 35.6 Å². The van der Waals surface area contributed by atoms with E-state index in [2.05, 4.69) is 5.32 Å². The van der Waals surface area contributed by atoms with Crippen molar-refractivity contribution in [2.24, 2.45) is 0 Å². The van der Waals surface area contributed by atoms with Crippen LogP contribution < -0.4 is 5.32 Å². The first-order chi connectivity index (χ1) is 8.97. The van der Waals surface area contributed by atoms with E-state index < -0.39 is 10.0 Å². The molecule has 1 aromatic carbocycles. The van der Waals surface area contributed by atoms with Gasteiger partial charge in [0.05, 0.1) is 5.75 Å². The summed E-state index contributed by atoms with van der Waals surface area (Å²) >= 11 is 0. The topological polar surface area (TPSA) is 49.4 Å². The third-order valence-corrected chi connectivity index (χ3v) is 5.17. The molecule has 1 saturated heterocycles. The quantitative estimate of drug-likeness (QED) is 0.888. The summed E-state index contributed by atoms with van der Waals surface area (Å²) in [4.78, 5) is 0. The number of likely N-dealkylation sites (N-methyl/N-ethyl adjacent to an activating group) is 1. The normalized spacial score (nSPS) is 20.1. The Kier molecular flexibility index (Phi) is 4.54. The number of nitrogens with zero attached hydrogens (tertiary/aromatic N) is 1. The van der Waals surface area contributed by atoms with Gasteiger partial charge in [-0.15, -0.1) is 0 Å². The van der Waals surface area contributed by atoms with E-state index in [-0.39, 0.29) is 17.6 Å². The van der Waals surface area contributed by atoms with Gasteiger partial charge in [0, 0.05) is 19.6 Å². The Bertz CT molecular complexity index is 510. The summed E-state index contributed by atoms with van der Waals surface area (Å²) in [7, 11) is -1.75. The molecule has 106 valence electrons. The van der Waals surface area contributed by atoms with Crippen LogP contribution in [0.3, 0.4) is 0 Å². The average molecular weight is 286 g/mol. The van der Waals surface area contributed by atoms with E-state index in [0.717, 1.165) is 19.4 Å². The lowest BCUT2D eigenvalue weighted by Crippen LogP contribution is -2.39. The maximum atomic E-state index is 12.8. The summed E-state index contributed by atoms with van der Waals surface area (Å²) in [6.45, 7) is 1.44. The number of halogens is 1.